The Kier molecular flexibility index (Phi) is 5.86. The summed E-state index contributed by atoms with van der Waals surface area (Å²) in [5.41, 5.74) is 4.80. The SMILES string of the molecule is O=C(Nc1cncc(N2CCC2)c1)N1CCCOc2ccc(-c3cccc(N4CCCC4)c3)nc21. The average molecular weight is 471 g/mol. The summed E-state index contributed by atoms with van der Waals surface area (Å²) >= 11 is 0. The number of carbonyl (C=O) groups is 1. The van der Waals surface area contributed by atoms with E-state index in [0.29, 0.717) is 30.4 Å². The summed E-state index contributed by atoms with van der Waals surface area (Å²) in [5.74, 6) is 1.18. The standard InChI is InChI=1S/C27H30N6O2/c34-27(29-21-17-23(19-28-18-21)32-12-4-13-32)33-14-5-15-35-25-9-8-24(30-26(25)33)20-6-3-7-22(16-20)31-10-1-2-11-31/h3,6-9,16-19H,1-2,4-5,10-15H2,(H,29,34). The van der Waals surface area contributed by atoms with Crippen molar-refractivity contribution in [2.24, 2.45) is 0 Å². The minimum atomic E-state index is -0.227. The van der Waals surface area contributed by atoms with Crippen molar-refractivity contribution in [3.05, 3.63) is 54.9 Å². The highest BCUT2D eigenvalue weighted by Crippen LogP contribution is 2.34. The normalized spacial score (nSPS) is 17.3. The zero-order valence-electron chi connectivity index (χ0n) is 19.8. The van der Waals surface area contributed by atoms with Gasteiger partial charge in [0.15, 0.2) is 11.6 Å². The first-order valence-corrected chi connectivity index (χ1v) is 12.5. The number of benzene rings is 1. The number of rotatable bonds is 4. The fourth-order valence-electron chi connectivity index (χ4n) is 4.88. The van der Waals surface area contributed by atoms with E-state index >= 15 is 0 Å². The van der Waals surface area contributed by atoms with Crippen LogP contribution in [0.2, 0.25) is 0 Å². The van der Waals surface area contributed by atoms with Crippen LogP contribution in [-0.4, -0.2) is 55.3 Å². The van der Waals surface area contributed by atoms with E-state index in [-0.39, 0.29) is 6.03 Å². The first kappa shape index (κ1) is 21.7. The van der Waals surface area contributed by atoms with Gasteiger partial charge in [0.1, 0.15) is 0 Å². The van der Waals surface area contributed by atoms with E-state index in [1.165, 1.54) is 24.9 Å². The first-order chi connectivity index (χ1) is 17.2. The van der Waals surface area contributed by atoms with Crippen LogP contribution in [0.25, 0.3) is 11.3 Å². The lowest BCUT2D eigenvalue weighted by Gasteiger charge is -2.33. The fourth-order valence-corrected chi connectivity index (χ4v) is 4.88. The Balaban J connectivity index is 1.27. The molecule has 0 unspecified atom stereocenters. The van der Waals surface area contributed by atoms with Gasteiger partial charge in [-0.05, 0) is 56.0 Å². The summed E-state index contributed by atoms with van der Waals surface area (Å²) in [5, 5.41) is 3.02. The highest BCUT2D eigenvalue weighted by molar-refractivity contribution is 6.02. The lowest BCUT2D eigenvalue weighted by Crippen LogP contribution is -2.37. The van der Waals surface area contributed by atoms with Gasteiger partial charge in [-0.1, -0.05) is 12.1 Å². The topological polar surface area (TPSA) is 73.8 Å². The summed E-state index contributed by atoms with van der Waals surface area (Å²) in [6.07, 6.45) is 7.92. The van der Waals surface area contributed by atoms with Crippen LogP contribution in [0.1, 0.15) is 25.7 Å². The van der Waals surface area contributed by atoms with Gasteiger partial charge < -0.3 is 19.9 Å². The van der Waals surface area contributed by atoms with E-state index in [2.05, 4.69) is 44.4 Å². The van der Waals surface area contributed by atoms with Crippen molar-refractivity contribution in [3.8, 4) is 17.0 Å². The Morgan fingerprint density at radius 3 is 2.51 bits per heavy atom. The van der Waals surface area contributed by atoms with Crippen molar-refractivity contribution in [1.29, 1.82) is 0 Å². The first-order valence-electron chi connectivity index (χ1n) is 12.5. The smallest absolute Gasteiger partial charge is 0.327 e. The molecule has 2 aromatic heterocycles. The number of ether oxygens (including phenoxy) is 1. The van der Waals surface area contributed by atoms with Gasteiger partial charge >= 0.3 is 6.03 Å². The van der Waals surface area contributed by atoms with E-state index in [0.717, 1.165) is 49.5 Å². The van der Waals surface area contributed by atoms with E-state index in [4.69, 9.17) is 9.72 Å². The number of nitrogens with one attached hydrogen (secondary N) is 1. The number of urea groups is 1. The zero-order chi connectivity index (χ0) is 23.6. The second-order valence-corrected chi connectivity index (χ2v) is 9.32. The molecule has 1 aromatic carbocycles. The molecule has 3 aliphatic rings. The van der Waals surface area contributed by atoms with Crippen molar-refractivity contribution < 1.29 is 9.53 Å². The van der Waals surface area contributed by atoms with Gasteiger partial charge in [-0.3, -0.25) is 9.88 Å². The third kappa shape index (κ3) is 4.48. The molecule has 0 aliphatic carbocycles. The number of pyridine rings is 2. The minimum absolute atomic E-state index is 0.227. The van der Waals surface area contributed by atoms with Gasteiger partial charge in [-0.15, -0.1) is 0 Å². The van der Waals surface area contributed by atoms with Gasteiger partial charge in [-0.25, -0.2) is 9.78 Å². The molecule has 35 heavy (non-hydrogen) atoms. The van der Waals surface area contributed by atoms with Crippen molar-refractivity contribution in [2.75, 3.05) is 59.3 Å². The molecular formula is C27H30N6O2. The number of anilines is 4. The highest BCUT2D eigenvalue weighted by atomic mass is 16.5. The fraction of sp³-hybridized carbons (Fsp3) is 0.370. The third-order valence-corrected chi connectivity index (χ3v) is 6.93. The number of hydrogen-bond donors (Lipinski definition) is 1. The molecule has 3 aromatic rings. The van der Waals surface area contributed by atoms with E-state index < -0.39 is 0 Å². The molecule has 2 saturated heterocycles. The molecule has 5 heterocycles. The Morgan fingerprint density at radius 1 is 0.857 bits per heavy atom. The van der Waals surface area contributed by atoms with E-state index in [1.54, 1.807) is 11.1 Å². The molecule has 0 atom stereocenters. The zero-order valence-corrected chi connectivity index (χ0v) is 19.8. The highest BCUT2D eigenvalue weighted by Gasteiger charge is 2.25. The van der Waals surface area contributed by atoms with Crippen molar-refractivity contribution in [3.63, 3.8) is 0 Å². The monoisotopic (exact) mass is 470 g/mol. The predicted octanol–water partition coefficient (Wildman–Crippen LogP) is 4.77. The molecule has 3 aliphatic heterocycles. The Morgan fingerprint density at radius 2 is 1.69 bits per heavy atom. The van der Waals surface area contributed by atoms with Gasteiger partial charge in [0.25, 0.3) is 0 Å². The molecule has 1 N–H and O–H groups in total. The number of nitrogens with zero attached hydrogens (tertiary/aromatic N) is 5. The molecule has 0 bridgehead atoms. The van der Waals surface area contributed by atoms with Gasteiger partial charge in [-0.2, -0.15) is 0 Å². The second-order valence-electron chi connectivity index (χ2n) is 9.32. The largest absolute Gasteiger partial charge is 0.490 e. The van der Waals surface area contributed by atoms with Crippen LogP contribution >= 0.6 is 0 Å². The third-order valence-electron chi connectivity index (χ3n) is 6.93. The van der Waals surface area contributed by atoms with Crippen molar-refractivity contribution in [2.45, 2.75) is 25.7 Å². The lowest BCUT2D eigenvalue weighted by molar-refractivity contribution is 0.256. The summed E-state index contributed by atoms with van der Waals surface area (Å²) in [6, 6.07) is 14.2. The van der Waals surface area contributed by atoms with Crippen LogP contribution in [-0.2, 0) is 0 Å². The number of hydrogen-bond acceptors (Lipinski definition) is 6. The molecule has 180 valence electrons. The Bertz CT molecular complexity index is 1220. The van der Waals surface area contributed by atoms with Crippen LogP contribution in [0.3, 0.4) is 0 Å². The maximum Gasteiger partial charge on any atom is 0.327 e. The molecule has 2 fully saturated rings. The predicted molar refractivity (Wildman–Crippen MR) is 139 cm³/mol. The summed E-state index contributed by atoms with van der Waals surface area (Å²) in [7, 11) is 0. The maximum absolute atomic E-state index is 13.4. The van der Waals surface area contributed by atoms with Crippen molar-refractivity contribution in [1.82, 2.24) is 9.97 Å². The summed E-state index contributed by atoms with van der Waals surface area (Å²) in [6.45, 7) is 5.33. The minimum Gasteiger partial charge on any atom is -0.490 e. The molecule has 6 rings (SSSR count). The molecule has 2 amide bonds. The number of amides is 2. The lowest BCUT2D eigenvalue weighted by atomic mass is 10.1. The van der Waals surface area contributed by atoms with Gasteiger partial charge in [0, 0.05) is 44.0 Å². The number of fused-ring (bicyclic) bond motifs is 1. The molecule has 0 spiro atoms. The summed E-state index contributed by atoms with van der Waals surface area (Å²) < 4.78 is 5.94. The molecular weight excluding hydrogens is 440 g/mol. The van der Waals surface area contributed by atoms with Gasteiger partial charge in [0.05, 0.1) is 36.1 Å². The Hall–Kier alpha value is -3.81. The average Bonchev–Trinajstić information content (AvgIpc) is 3.30. The van der Waals surface area contributed by atoms with Gasteiger partial charge in [0.2, 0.25) is 0 Å². The Labute approximate surface area is 205 Å². The molecule has 8 nitrogen and oxygen atoms in total. The maximum atomic E-state index is 13.4. The van der Waals surface area contributed by atoms with Crippen LogP contribution in [0.4, 0.5) is 27.7 Å². The molecule has 8 heteroatoms. The van der Waals surface area contributed by atoms with Crippen LogP contribution in [0.15, 0.2) is 54.9 Å². The van der Waals surface area contributed by atoms with Crippen LogP contribution in [0, 0.1) is 0 Å². The quantitative estimate of drug-likeness (QED) is 0.592. The van der Waals surface area contributed by atoms with Crippen LogP contribution in [0.5, 0.6) is 5.75 Å². The van der Waals surface area contributed by atoms with E-state index in [9.17, 15) is 4.79 Å². The van der Waals surface area contributed by atoms with E-state index in [1.807, 2.05) is 24.4 Å². The number of carbonyl (C=O) groups excluding carboxylic acids is 1. The second kappa shape index (κ2) is 9.44. The van der Waals surface area contributed by atoms with Crippen LogP contribution < -0.4 is 24.8 Å². The molecule has 0 saturated carbocycles. The number of aromatic nitrogens is 2. The molecule has 0 radical (unpaired) electrons. The summed E-state index contributed by atoms with van der Waals surface area (Å²) in [4.78, 5) is 29.0. The van der Waals surface area contributed by atoms with Crippen molar-refractivity contribution >= 4 is 28.9 Å².